The van der Waals surface area contributed by atoms with Gasteiger partial charge in [0.05, 0.1) is 10.5 Å². The number of carbonyl (C=O) groups is 1. The predicted octanol–water partition coefficient (Wildman–Crippen LogP) is 4.59. The summed E-state index contributed by atoms with van der Waals surface area (Å²) in [5.41, 5.74) is 1.36. The average Bonchev–Trinajstić information content (AvgIpc) is 2.74. The Morgan fingerprint density at radius 3 is 2.38 bits per heavy atom. The molecule has 2 aromatic rings. The summed E-state index contributed by atoms with van der Waals surface area (Å²) >= 11 is 0. The van der Waals surface area contributed by atoms with Gasteiger partial charge in [-0.2, -0.15) is 4.31 Å². The van der Waals surface area contributed by atoms with Crippen molar-refractivity contribution in [2.24, 2.45) is 0 Å². The molecule has 1 saturated carbocycles. The summed E-state index contributed by atoms with van der Waals surface area (Å²) in [5, 5.41) is 2.63. The fraction of sp³-hybridized carbons (Fsp3) is 0.409. The number of hydrogen-bond acceptors (Lipinski definition) is 3. The third-order valence-electron chi connectivity index (χ3n) is 5.57. The molecular formula is C22H27FN2O3S. The highest BCUT2D eigenvalue weighted by atomic mass is 32.2. The second kappa shape index (κ2) is 9.05. The highest BCUT2D eigenvalue weighted by Gasteiger charge is 2.30. The Hall–Kier alpha value is -2.25. The minimum atomic E-state index is -3.81. The molecule has 0 saturated heterocycles. The number of aryl methyl sites for hydroxylation is 1. The molecule has 0 atom stereocenters. The Morgan fingerprint density at radius 2 is 1.76 bits per heavy atom. The summed E-state index contributed by atoms with van der Waals surface area (Å²) in [5.74, 6) is -1.43. The first-order valence-electron chi connectivity index (χ1n) is 10.0. The number of carbonyl (C=O) groups excluding carboxylic acids is 1. The quantitative estimate of drug-likeness (QED) is 0.746. The van der Waals surface area contributed by atoms with Gasteiger partial charge in [-0.25, -0.2) is 12.8 Å². The van der Waals surface area contributed by atoms with Crippen LogP contribution in [0.5, 0.6) is 0 Å². The third kappa shape index (κ3) is 4.85. The van der Waals surface area contributed by atoms with E-state index < -0.39 is 21.7 Å². The Morgan fingerprint density at radius 1 is 1.10 bits per heavy atom. The maximum absolute atomic E-state index is 14.3. The van der Waals surface area contributed by atoms with E-state index in [1.54, 1.807) is 19.2 Å². The first kappa shape index (κ1) is 21.5. The average molecular weight is 419 g/mol. The predicted molar refractivity (Wildman–Crippen MR) is 112 cm³/mol. The van der Waals surface area contributed by atoms with Crippen LogP contribution in [0.1, 0.15) is 54.9 Å². The monoisotopic (exact) mass is 418 g/mol. The zero-order valence-electron chi connectivity index (χ0n) is 16.8. The van der Waals surface area contributed by atoms with Gasteiger partial charge in [-0.1, -0.05) is 38.3 Å². The number of nitrogens with one attached hydrogen (secondary N) is 1. The van der Waals surface area contributed by atoms with Gasteiger partial charge in [-0.05, 0) is 55.2 Å². The molecule has 156 valence electrons. The molecule has 2 aromatic carbocycles. The van der Waals surface area contributed by atoms with Gasteiger partial charge in [0.15, 0.2) is 0 Å². The second-order valence-electron chi connectivity index (χ2n) is 7.46. The van der Waals surface area contributed by atoms with E-state index in [0.717, 1.165) is 56.2 Å². The summed E-state index contributed by atoms with van der Waals surface area (Å²) in [4.78, 5) is 12.5. The molecule has 1 N–H and O–H groups in total. The van der Waals surface area contributed by atoms with Crippen LogP contribution in [0, 0.1) is 5.82 Å². The van der Waals surface area contributed by atoms with Crippen molar-refractivity contribution in [2.45, 2.75) is 56.4 Å². The van der Waals surface area contributed by atoms with Crippen LogP contribution in [-0.4, -0.2) is 31.7 Å². The molecule has 1 aliphatic rings. The Balaban J connectivity index is 1.83. The van der Waals surface area contributed by atoms with Crippen LogP contribution >= 0.6 is 0 Å². The molecule has 29 heavy (non-hydrogen) atoms. The molecule has 0 spiro atoms. The van der Waals surface area contributed by atoms with E-state index in [2.05, 4.69) is 5.32 Å². The van der Waals surface area contributed by atoms with Crippen molar-refractivity contribution in [1.29, 1.82) is 0 Å². The van der Waals surface area contributed by atoms with Gasteiger partial charge in [0, 0.05) is 18.8 Å². The van der Waals surface area contributed by atoms with Crippen molar-refractivity contribution in [3.8, 4) is 0 Å². The summed E-state index contributed by atoms with van der Waals surface area (Å²) in [7, 11) is -2.25. The molecule has 1 amide bonds. The van der Waals surface area contributed by atoms with Gasteiger partial charge in [-0.3, -0.25) is 4.79 Å². The molecule has 0 unspecified atom stereocenters. The number of benzene rings is 2. The highest BCUT2D eigenvalue weighted by molar-refractivity contribution is 7.89. The van der Waals surface area contributed by atoms with Crippen molar-refractivity contribution in [1.82, 2.24) is 4.31 Å². The Kier molecular flexibility index (Phi) is 6.70. The van der Waals surface area contributed by atoms with Crippen LogP contribution in [0.2, 0.25) is 0 Å². The largest absolute Gasteiger partial charge is 0.322 e. The second-order valence-corrected chi connectivity index (χ2v) is 9.46. The number of nitrogens with zero attached hydrogens (tertiary/aromatic N) is 1. The molecule has 0 aliphatic heterocycles. The van der Waals surface area contributed by atoms with E-state index in [1.165, 1.54) is 10.4 Å². The van der Waals surface area contributed by atoms with Crippen LogP contribution < -0.4 is 5.32 Å². The molecule has 1 aliphatic carbocycles. The van der Waals surface area contributed by atoms with Crippen LogP contribution in [0.25, 0.3) is 0 Å². The number of halogens is 1. The summed E-state index contributed by atoms with van der Waals surface area (Å²) in [6.45, 7) is 2.03. The van der Waals surface area contributed by atoms with Gasteiger partial charge in [0.25, 0.3) is 5.91 Å². The first-order chi connectivity index (χ1) is 13.8. The summed E-state index contributed by atoms with van der Waals surface area (Å²) in [6, 6.07) is 10.6. The molecule has 7 heteroatoms. The highest BCUT2D eigenvalue weighted by Crippen LogP contribution is 2.27. The van der Waals surface area contributed by atoms with Gasteiger partial charge >= 0.3 is 0 Å². The lowest BCUT2D eigenvalue weighted by Crippen LogP contribution is -2.38. The van der Waals surface area contributed by atoms with Crippen molar-refractivity contribution in [2.75, 3.05) is 12.4 Å². The fourth-order valence-electron chi connectivity index (χ4n) is 3.67. The zero-order chi connectivity index (χ0) is 21.0. The normalized spacial score (nSPS) is 15.4. The number of anilines is 1. The maximum Gasteiger partial charge on any atom is 0.258 e. The van der Waals surface area contributed by atoms with Crippen molar-refractivity contribution in [3.05, 3.63) is 59.4 Å². The van der Waals surface area contributed by atoms with Crippen LogP contribution in [-0.2, 0) is 16.4 Å². The third-order valence-corrected chi connectivity index (χ3v) is 7.47. The lowest BCUT2D eigenvalue weighted by molar-refractivity contribution is 0.102. The zero-order valence-corrected chi connectivity index (χ0v) is 17.6. The Bertz CT molecular complexity index is 968. The lowest BCUT2D eigenvalue weighted by Gasteiger charge is -2.30. The van der Waals surface area contributed by atoms with E-state index in [4.69, 9.17) is 0 Å². The van der Waals surface area contributed by atoms with Gasteiger partial charge in [-0.15, -0.1) is 0 Å². The van der Waals surface area contributed by atoms with E-state index in [0.29, 0.717) is 5.69 Å². The molecular weight excluding hydrogens is 391 g/mol. The molecule has 3 rings (SSSR count). The minimum Gasteiger partial charge on any atom is -0.322 e. The van der Waals surface area contributed by atoms with E-state index in [-0.39, 0.29) is 16.5 Å². The van der Waals surface area contributed by atoms with Gasteiger partial charge in [0.2, 0.25) is 10.0 Å². The minimum absolute atomic E-state index is 0.0619. The van der Waals surface area contributed by atoms with Crippen molar-refractivity contribution >= 4 is 21.6 Å². The summed E-state index contributed by atoms with van der Waals surface area (Å²) < 4.78 is 41.7. The molecule has 0 heterocycles. The van der Waals surface area contributed by atoms with Gasteiger partial charge < -0.3 is 5.32 Å². The lowest BCUT2D eigenvalue weighted by atomic mass is 9.96. The molecule has 0 bridgehead atoms. The smallest absolute Gasteiger partial charge is 0.258 e. The van der Waals surface area contributed by atoms with Crippen LogP contribution in [0.15, 0.2) is 47.4 Å². The number of hydrogen-bond donors (Lipinski definition) is 1. The number of amides is 1. The number of sulfonamides is 1. The molecule has 1 fully saturated rings. The SMILES string of the molecule is CCc1ccc(NC(=O)c2cc(S(=O)(=O)N(C)C3CCCCC3)ccc2F)cc1. The van der Waals surface area contributed by atoms with Crippen LogP contribution in [0.3, 0.4) is 0 Å². The van der Waals surface area contributed by atoms with Crippen molar-refractivity contribution in [3.63, 3.8) is 0 Å². The molecule has 0 radical (unpaired) electrons. The standard InChI is InChI=1S/C22H27FN2O3S/c1-3-16-9-11-17(12-10-16)24-22(26)20-15-19(13-14-21(20)23)29(27,28)25(2)18-7-5-4-6-8-18/h9-15,18H,3-8H2,1-2H3,(H,24,26). The van der Waals surface area contributed by atoms with Crippen LogP contribution in [0.4, 0.5) is 10.1 Å². The fourth-order valence-corrected chi connectivity index (χ4v) is 5.11. The first-order valence-corrected chi connectivity index (χ1v) is 11.4. The topological polar surface area (TPSA) is 66.5 Å². The van der Waals surface area contributed by atoms with E-state index in [1.807, 2.05) is 19.1 Å². The summed E-state index contributed by atoms with van der Waals surface area (Å²) in [6.07, 6.45) is 5.62. The number of rotatable bonds is 6. The van der Waals surface area contributed by atoms with E-state index >= 15 is 0 Å². The van der Waals surface area contributed by atoms with E-state index in [9.17, 15) is 17.6 Å². The van der Waals surface area contributed by atoms with Gasteiger partial charge in [0.1, 0.15) is 5.82 Å². The van der Waals surface area contributed by atoms with Crippen molar-refractivity contribution < 1.29 is 17.6 Å². The molecule has 5 nitrogen and oxygen atoms in total. The maximum atomic E-state index is 14.3. The Labute approximate surface area is 172 Å². The molecule has 0 aromatic heterocycles.